The molecule has 0 bridgehead atoms. The summed E-state index contributed by atoms with van der Waals surface area (Å²) in [7, 11) is 0. The molecule has 1 aliphatic rings. The highest BCUT2D eigenvalue weighted by Crippen LogP contribution is 2.27. The first-order valence-electron chi connectivity index (χ1n) is 7.91. The molecule has 0 heterocycles. The van der Waals surface area contributed by atoms with E-state index in [0.29, 0.717) is 6.42 Å². The largest absolute Gasteiger partial charge is 0.396 e. The molecule has 0 aromatic rings. The van der Waals surface area contributed by atoms with E-state index in [1.165, 1.54) is 32.1 Å². The first-order chi connectivity index (χ1) is 9.03. The summed E-state index contributed by atoms with van der Waals surface area (Å²) < 4.78 is 0. The van der Waals surface area contributed by atoms with Crippen molar-refractivity contribution in [2.24, 2.45) is 11.3 Å². The van der Waals surface area contributed by atoms with E-state index in [1.807, 2.05) is 0 Å². The van der Waals surface area contributed by atoms with Gasteiger partial charge in [-0.15, -0.1) is 0 Å². The maximum Gasteiger partial charge on any atom is 0.220 e. The van der Waals surface area contributed by atoms with Crippen molar-refractivity contribution in [2.45, 2.75) is 71.6 Å². The molecule has 1 aliphatic carbocycles. The predicted molar refractivity (Wildman–Crippen MR) is 78.9 cm³/mol. The number of hydrogen-bond acceptors (Lipinski definition) is 2. The summed E-state index contributed by atoms with van der Waals surface area (Å²) in [6, 6.07) is 0. The first-order valence-corrected chi connectivity index (χ1v) is 7.91. The van der Waals surface area contributed by atoms with Crippen LogP contribution in [0.25, 0.3) is 0 Å². The van der Waals surface area contributed by atoms with Crippen molar-refractivity contribution in [1.82, 2.24) is 5.32 Å². The van der Waals surface area contributed by atoms with Gasteiger partial charge in [0.05, 0.1) is 0 Å². The summed E-state index contributed by atoms with van der Waals surface area (Å²) in [6.45, 7) is 5.24. The van der Waals surface area contributed by atoms with E-state index in [1.54, 1.807) is 0 Å². The second-order valence-corrected chi connectivity index (χ2v) is 6.81. The fraction of sp³-hybridized carbons (Fsp3) is 0.938. The lowest BCUT2D eigenvalue weighted by Gasteiger charge is -2.25. The minimum atomic E-state index is 0.0865. The van der Waals surface area contributed by atoms with E-state index in [0.717, 1.165) is 31.7 Å². The molecule has 0 aromatic heterocycles. The van der Waals surface area contributed by atoms with Crippen LogP contribution in [0, 0.1) is 11.3 Å². The fourth-order valence-corrected chi connectivity index (χ4v) is 2.88. The van der Waals surface area contributed by atoms with Crippen LogP contribution < -0.4 is 5.32 Å². The molecule has 0 aromatic carbocycles. The third-order valence-corrected chi connectivity index (χ3v) is 4.28. The average molecular weight is 269 g/mol. The number of hydrogen-bond donors (Lipinski definition) is 2. The van der Waals surface area contributed by atoms with Crippen LogP contribution in [0.2, 0.25) is 0 Å². The van der Waals surface area contributed by atoms with E-state index in [2.05, 4.69) is 19.2 Å². The smallest absolute Gasteiger partial charge is 0.220 e. The second kappa shape index (κ2) is 8.57. The van der Waals surface area contributed by atoms with Gasteiger partial charge >= 0.3 is 0 Å². The lowest BCUT2D eigenvalue weighted by Crippen LogP contribution is -2.34. The van der Waals surface area contributed by atoms with Gasteiger partial charge < -0.3 is 10.4 Å². The molecule has 19 heavy (non-hydrogen) atoms. The van der Waals surface area contributed by atoms with Gasteiger partial charge in [-0.1, -0.05) is 46.0 Å². The van der Waals surface area contributed by atoms with Crippen LogP contribution in [0.4, 0.5) is 0 Å². The van der Waals surface area contributed by atoms with E-state index in [-0.39, 0.29) is 17.9 Å². The molecule has 1 rings (SSSR count). The number of nitrogens with one attached hydrogen (secondary N) is 1. The van der Waals surface area contributed by atoms with Crippen molar-refractivity contribution in [1.29, 1.82) is 0 Å². The summed E-state index contributed by atoms with van der Waals surface area (Å²) in [6.07, 6.45) is 10.2. The summed E-state index contributed by atoms with van der Waals surface area (Å²) in [5.41, 5.74) is 0.0865. The molecule has 3 nitrogen and oxygen atoms in total. The standard InChI is InChI=1S/C16H31NO2/c1-16(2,11-6-12-18)13-17-15(19)10-9-14-7-4-3-5-8-14/h14,18H,3-13H2,1-2H3,(H,17,19). The highest BCUT2D eigenvalue weighted by molar-refractivity contribution is 5.75. The third kappa shape index (κ3) is 7.56. The molecule has 112 valence electrons. The maximum absolute atomic E-state index is 11.8. The Kier molecular flexibility index (Phi) is 7.44. The fourth-order valence-electron chi connectivity index (χ4n) is 2.88. The number of rotatable bonds is 8. The van der Waals surface area contributed by atoms with E-state index < -0.39 is 0 Å². The van der Waals surface area contributed by atoms with Gasteiger partial charge in [0.25, 0.3) is 0 Å². The zero-order chi connectivity index (χ0) is 14.1. The van der Waals surface area contributed by atoms with Crippen molar-refractivity contribution in [2.75, 3.05) is 13.2 Å². The Morgan fingerprint density at radius 3 is 2.58 bits per heavy atom. The Balaban J connectivity index is 2.12. The Hall–Kier alpha value is -0.570. The van der Waals surface area contributed by atoms with Gasteiger partial charge in [-0.25, -0.2) is 0 Å². The summed E-state index contributed by atoms with van der Waals surface area (Å²) in [5, 5.41) is 11.9. The van der Waals surface area contributed by atoms with Crippen molar-refractivity contribution >= 4 is 5.91 Å². The number of aliphatic hydroxyl groups is 1. The molecule has 1 saturated carbocycles. The van der Waals surface area contributed by atoms with Gasteiger partial charge in [0.15, 0.2) is 0 Å². The number of amides is 1. The third-order valence-electron chi connectivity index (χ3n) is 4.28. The lowest BCUT2D eigenvalue weighted by atomic mass is 9.86. The van der Waals surface area contributed by atoms with Crippen LogP contribution in [0.3, 0.4) is 0 Å². The average Bonchev–Trinajstić information content (AvgIpc) is 2.42. The number of carbonyl (C=O) groups is 1. The molecule has 1 amide bonds. The minimum absolute atomic E-state index is 0.0865. The lowest BCUT2D eigenvalue weighted by molar-refractivity contribution is -0.121. The van der Waals surface area contributed by atoms with Gasteiger partial charge in [-0.05, 0) is 30.6 Å². The Morgan fingerprint density at radius 1 is 1.26 bits per heavy atom. The van der Waals surface area contributed by atoms with Crippen LogP contribution in [-0.2, 0) is 4.79 Å². The van der Waals surface area contributed by atoms with Gasteiger partial charge in [-0.3, -0.25) is 4.79 Å². The number of aliphatic hydroxyl groups excluding tert-OH is 1. The minimum Gasteiger partial charge on any atom is -0.396 e. The van der Waals surface area contributed by atoms with E-state index >= 15 is 0 Å². The molecule has 0 unspecified atom stereocenters. The molecule has 0 spiro atoms. The molecule has 0 saturated heterocycles. The molecule has 2 N–H and O–H groups in total. The highest BCUT2D eigenvalue weighted by Gasteiger charge is 2.19. The van der Waals surface area contributed by atoms with Gasteiger partial charge in [0.1, 0.15) is 0 Å². The topological polar surface area (TPSA) is 49.3 Å². The Morgan fingerprint density at radius 2 is 1.95 bits per heavy atom. The Bertz CT molecular complexity index is 257. The summed E-state index contributed by atoms with van der Waals surface area (Å²) in [5.74, 6) is 0.976. The van der Waals surface area contributed by atoms with Crippen LogP contribution in [0.5, 0.6) is 0 Å². The quantitative estimate of drug-likeness (QED) is 0.710. The Labute approximate surface area is 118 Å². The van der Waals surface area contributed by atoms with Crippen LogP contribution in [0.1, 0.15) is 71.6 Å². The normalized spacial score (nSPS) is 17.4. The van der Waals surface area contributed by atoms with Gasteiger partial charge in [0.2, 0.25) is 5.91 Å². The SMILES string of the molecule is CC(C)(CCCO)CNC(=O)CCC1CCCCC1. The maximum atomic E-state index is 11.8. The molecule has 3 heteroatoms. The van der Waals surface area contributed by atoms with Crippen molar-refractivity contribution in [3.63, 3.8) is 0 Å². The molecule has 1 fully saturated rings. The van der Waals surface area contributed by atoms with E-state index in [9.17, 15) is 4.79 Å². The molecule has 0 aliphatic heterocycles. The van der Waals surface area contributed by atoms with Crippen LogP contribution in [0.15, 0.2) is 0 Å². The van der Waals surface area contributed by atoms with Crippen molar-refractivity contribution in [3.8, 4) is 0 Å². The van der Waals surface area contributed by atoms with Crippen molar-refractivity contribution in [3.05, 3.63) is 0 Å². The van der Waals surface area contributed by atoms with Crippen LogP contribution in [-0.4, -0.2) is 24.2 Å². The van der Waals surface area contributed by atoms with Crippen molar-refractivity contribution < 1.29 is 9.90 Å². The van der Waals surface area contributed by atoms with Crippen LogP contribution >= 0.6 is 0 Å². The zero-order valence-corrected chi connectivity index (χ0v) is 12.7. The second-order valence-electron chi connectivity index (χ2n) is 6.81. The van der Waals surface area contributed by atoms with E-state index in [4.69, 9.17) is 5.11 Å². The van der Waals surface area contributed by atoms with Gasteiger partial charge in [0, 0.05) is 19.6 Å². The summed E-state index contributed by atoms with van der Waals surface area (Å²) >= 11 is 0. The molecular formula is C16H31NO2. The molecule has 0 radical (unpaired) electrons. The molecular weight excluding hydrogens is 238 g/mol. The first kappa shape index (κ1) is 16.5. The molecule has 0 atom stereocenters. The highest BCUT2D eigenvalue weighted by atomic mass is 16.2. The predicted octanol–water partition coefficient (Wildman–Crippen LogP) is 3.26. The zero-order valence-electron chi connectivity index (χ0n) is 12.7. The monoisotopic (exact) mass is 269 g/mol. The summed E-state index contributed by atoms with van der Waals surface area (Å²) in [4.78, 5) is 11.8. The van der Waals surface area contributed by atoms with Gasteiger partial charge in [-0.2, -0.15) is 0 Å². The number of carbonyl (C=O) groups excluding carboxylic acids is 1.